The van der Waals surface area contributed by atoms with E-state index in [9.17, 15) is 27.9 Å². The molecule has 0 aliphatic carbocycles. The summed E-state index contributed by atoms with van der Waals surface area (Å²) in [5.74, 6) is -2.90. The van der Waals surface area contributed by atoms with Crippen LogP contribution in [-0.2, 0) is 33.5 Å². The molecule has 1 saturated heterocycles. The standard InChI is InChI=1S/C21H20N6O8S3/c1-10-3-5-12(6-4-10)38(32,33)35-8-7-11-9-36-19-14(18(29)27(19)15(11)20(30)31)23-17(28)13(25-34-2)16-24-21(22)37-26-16/h3-8,14,19H,9H2,1-2H3,(H,23,28)(H,30,31)(H2,22,24,26)/t14?,19-/m0/s1. The van der Waals surface area contributed by atoms with Crippen molar-refractivity contribution in [1.29, 1.82) is 0 Å². The van der Waals surface area contributed by atoms with Gasteiger partial charge in [-0.25, -0.2) is 4.79 Å². The molecule has 0 saturated carbocycles. The number of aryl methyl sites for hydroxylation is 1. The highest BCUT2D eigenvalue weighted by atomic mass is 32.2. The lowest BCUT2D eigenvalue weighted by atomic mass is 10.0. The number of aromatic nitrogens is 2. The third-order valence-electron chi connectivity index (χ3n) is 5.30. The number of benzene rings is 1. The summed E-state index contributed by atoms with van der Waals surface area (Å²) >= 11 is 2.01. The first kappa shape index (κ1) is 27.1. The zero-order valence-electron chi connectivity index (χ0n) is 19.7. The second-order valence-corrected chi connectivity index (χ2v) is 11.2. The lowest BCUT2D eigenvalue weighted by Crippen LogP contribution is -2.71. The minimum atomic E-state index is -4.12. The first-order chi connectivity index (χ1) is 18.0. The average molecular weight is 581 g/mol. The van der Waals surface area contributed by atoms with Gasteiger partial charge in [-0.05, 0) is 30.7 Å². The van der Waals surface area contributed by atoms with E-state index in [1.54, 1.807) is 19.1 Å². The number of hydrogen-bond acceptors (Lipinski definition) is 13. The van der Waals surface area contributed by atoms with Crippen LogP contribution in [0.1, 0.15) is 11.4 Å². The number of carboxylic acids is 1. The molecule has 200 valence electrons. The number of fused-ring (bicyclic) bond motifs is 1. The number of carboxylic acid groups (broad SMARTS) is 1. The van der Waals surface area contributed by atoms with Crippen LogP contribution in [0.15, 0.2) is 57.9 Å². The van der Waals surface area contributed by atoms with Crippen LogP contribution in [-0.4, -0.2) is 75.6 Å². The van der Waals surface area contributed by atoms with E-state index in [0.717, 1.165) is 28.3 Å². The van der Waals surface area contributed by atoms with Crippen molar-refractivity contribution in [1.82, 2.24) is 19.6 Å². The Labute approximate surface area is 224 Å². The third kappa shape index (κ3) is 5.34. The van der Waals surface area contributed by atoms with Crippen LogP contribution >= 0.6 is 23.3 Å². The zero-order valence-corrected chi connectivity index (χ0v) is 22.2. The maximum absolute atomic E-state index is 12.9. The Kier molecular flexibility index (Phi) is 7.70. The molecule has 4 N–H and O–H groups in total. The lowest BCUT2D eigenvalue weighted by molar-refractivity contribution is -0.150. The van der Waals surface area contributed by atoms with Crippen LogP contribution in [0.25, 0.3) is 0 Å². The minimum absolute atomic E-state index is 0.0679. The summed E-state index contributed by atoms with van der Waals surface area (Å²) in [6, 6.07) is 4.93. The fourth-order valence-corrected chi connectivity index (χ4v) is 6.07. The molecule has 1 fully saturated rings. The maximum atomic E-state index is 12.9. The molecule has 38 heavy (non-hydrogen) atoms. The zero-order chi connectivity index (χ0) is 27.6. The highest BCUT2D eigenvalue weighted by Gasteiger charge is 2.54. The van der Waals surface area contributed by atoms with Crippen molar-refractivity contribution in [3.8, 4) is 0 Å². The maximum Gasteiger partial charge on any atom is 0.352 e. The quantitative estimate of drug-likeness (QED) is 0.122. The molecule has 0 spiro atoms. The first-order valence-electron chi connectivity index (χ1n) is 10.6. The summed E-state index contributed by atoms with van der Waals surface area (Å²) in [4.78, 5) is 47.2. The second kappa shape index (κ2) is 10.8. The molecule has 4 rings (SSSR count). The van der Waals surface area contributed by atoms with Gasteiger partial charge in [0.25, 0.3) is 11.8 Å². The van der Waals surface area contributed by atoms with Gasteiger partial charge in [-0.15, -0.1) is 11.8 Å². The molecular formula is C21H20N6O8S3. The van der Waals surface area contributed by atoms with E-state index in [2.05, 4.69) is 24.7 Å². The van der Waals surface area contributed by atoms with Gasteiger partial charge in [-0.3, -0.25) is 14.5 Å². The summed E-state index contributed by atoms with van der Waals surface area (Å²) in [5.41, 5.74) is 5.92. The summed E-state index contributed by atoms with van der Waals surface area (Å²) in [6.45, 7) is 1.80. The second-order valence-electron chi connectivity index (χ2n) is 7.78. The van der Waals surface area contributed by atoms with Gasteiger partial charge in [0.1, 0.15) is 35.4 Å². The van der Waals surface area contributed by atoms with E-state index in [4.69, 9.17) is 9.92 Å². The average Bonchev–Trinajstić information content (AvgIpc) is 3.30. The van der Waals surface area contributed by atoms with Crippen LogP contribution in [0.4, 0.5) is 5.13 Å². The molecule has 3 heterocycles. The Morgan fingerprint density at radius 2 is 2.03 bits per heavy atom. The van der Waals surface area contributed by atoms with Gasteiger partial charge in [0.15, 0.2) is 5.13 Å². The SMILES string of the molecule is CON=C(C(=O)NC1C(=O)N2C(C(=O)O)=C(C=COS(=O)(=O)c3ccc(C)cc3)CS[C@@H]12)c1nsc(N)n1. The molecule has 1 aromatic heterocycles. The van der Waals surface area contributed by atoms with Crippen LogP contribution in [0.3, 0.4) is 0 Å². The Morgan fingerprint density at radius 3 is 2.63 bits per heavy atom. The van der Waals surface area contributed by atoms with E-state index in [1.807, 2.05) is 0 Å². The minimum Gasteiger partial charge on any atom is -0.477 e. The highest BCUT2D eigenvalue weighted by Crippen LogP contribution is 2.40. The van der Waals surface area contributed by atoms with E-state index in [-0.39, 0.29) is 38.6 Å². The normalized spacial score (nSPS) is 19.7. The molecule has 17 heteroatoms. The number of nitrogen functional groups attached to an aromatic ring is 1. The number of rotatable bonds is 9. The lowest BCUT2D eigenvalue weighted by Gasteiger charge is -2.49. The monoisotopic (exact) mass is 580 g/mol. The third-order valence-corrected chi connectivity index (χ3v) is 8.36. The number of nitrogens with one attached hydrogen (secondary N) is 1. The number of nitrogens with two attached hydrogens (primary N) is 1. The van der Waals surface area contributed by atoms with Gasteiger partial charge >= 0.3 is 16.1 Å². The van der Waals surface area contributed by atoms with Gasteiger partial charge in [-0.1, -0.05) is 22.9 Å². The number of nitrogens with zero attached hydrogens (tertiary/aromatic N) is 4. The highest BCUT2D eigenvalue weighted by molar-refractivity contribution is 8.00. The van der Waals surface area contributed by atoms with Gasteiger partial charge in [0.05, 0.1) is 0 Å². The number of aliphatic carboxylic acids is 1. The fourth-order valence-electron chi connectivity index (χ4n) is 3.53. The number of β-lactam (4-membered cyclic amide) rings is 1. The van der Waals surface area contributed by atoms with Crippen molar-refractivity contribution in [2.45, 2.75) is 23.2 Å². The summed E-state index contributed by atoms with van der Waals surface area (Å²) in [5, 5.41) is 15.3. The Morgan fingerprint density at radius 1 is 1.32 bits per heavy atom. The first-order valence-corrected chi connectivity index (χ1v) is 13.9. The van der Waals surface area contributed by atoms with Gasteiger partial charge in [0, 0.05) is 17.3 Å². The summed E-state index contributed by atoms with van der Waals surface area (Å²) in [6.07, 6.45) is 2.04. The summed E-state index contributed by atoms with van der Waals surface area (Å²) in [7, 11) is -2.91. The molecule has 14 nitrogen and oxygen atoms in total. The summed E-state index contributed by atoms with van der Waals surface area (Å²) < 4.78 is 33.6. The van der Waals surface area contributed by atoms with Crippen LogP contribution in [0, 0.1) is 6.92 Å². The number of oxime groups is 1. The molecule has 0 bridgehead atoms. The smallest absolute Gasteiger partial charge is 0.352 e. The van der Waals surface area contributed by atoms with Crippen molar-refractivity contribution in [3.63, 3.8) is 0 Å². The largest absolute Gasteiger partial charge is 0.477 e. The van der Waals surface area contributed by atoms with Crippen molar-refractivity contribution >= 4 is 62.0 Å². The van der Waals surface area contributed by atoms with E-state index >= 15 is 0 Å². The predicted molar refractivity (Wildman–Crippen MR) is 136 cm³/mol. The van der Waals surface area contributed by atoms with E-state index in [1.165, 1.54) is 37.1 Å². The van der Waals surface area contributed by atoms with Crippen LogP contribution in [0.2, 0.25) is 0 Å². The number of hydrogen-bond donors (Lipinski definition) is 3. The van der Waals surface area contributed by atoms with Gasteiger partial charge in [0.2, 0.25) is 11.5 Å². The number of allylic oxidation sites excluding steroid dienone is 1. The molecule has 2 atom stereocenters. The van der Waals surface area contributed by atoms with E-state index in [0.29, 0.717) is 0 Å². The molecule has 2 aliphatic heterocycles. The van der Waals surface area contributed by atoms with Crippen molar-refractivity contribution < 1.29 is 36.9 Å². The Balaban J connectivity index is 1.49. The number of amides is 2. The fraction of sp³-hybridized carbons (Fsp3) is 0.238. The number of thioether (sulfide) groups is 1. The molecule has 1 unspecified atom stereocenters. The molecule has 2 aliphatic rings. The Hall–Kier alpha value is -3.96. The van der Waals surface area contributed by atoms with Crippen molar-refractivity contribution in [3.05, 3.63) is 59.3 Å². The molecule has 1 aromatic carbocycles. The van der Waals surface area contributed by atoms with Crippen molar-refractivity contribution in [2.24, 2.45) is 5.16 Å². The van der Waals surface area contributed by atoms with Crippen LogP contribution < -0.4 is 11.1 Å². The number of anilines is 1. The molecule has 2 aromatic rings. The van der Waals surface area contributed by atoms with E-state index < -0.39 is 39.3 Å². The van der Waals surface area contributed by atoms with Gasteiger partial charge in [-0.2, -0.15) is 17.8 Å². The van der Waals surface area contributed by atoms with Gasteiger partial charge < -0.3 is 25.2 Å². The molecular weight excluding hydrogens is 560 g/mol. The van der Waals surface area contributed by atoms with Crippen LogP contribution in [0.5, 0.6) is 0 Å². The molecule has 2 amide bonds. The molecule has 0 radical (unpaired) electrons. The number of carbonyl (C=O) groups is 3. The van der Waals surface area contributed by atoms with Crippen molar-refractivity contribution in [2.75, 3.05) is 18.6 Å². The Bertz CT molecular complexity index is 1480. The topological polar surface area (TPSA) is 203 Å². The predicted octanol–water partition coefficient (Wildman–Crippen LogP) is 0.437. The number of carbonyl (C=O) groups excluding carboxylic acids is 2.